The summed E-state index contributed by atoms with van der Waals surface area (Å²) in [5.41, 5.74) is 7.96. The van der Waals surface area contributed by atoms with Crippen LogP contribution in [0.1, 0.15) is 17.2 Å². The van der Waals surface area contributed by atoms with E-state index in [0.29, 0.717) is 6.54 Å². The fraction of sp³-hybridized carbons (Fsp3) is 0.278. The first-order chi connectivity index (χ1) is 10.6. The molecule has 0 radical (unpaired) electrons. The molecule has 22 heavy (non-hydrogen) atoms. The molecule has 0 heterocycles. The first-order valence-electron chi connectivity index (χ1n) is 7.31. The Kier molecular flexibility index (Phi) is 5.55. The number of amides is 1. The number of benzene rings is 2. The molecule has 0 saturated carbocycles. The topological polar surface area (TPSA) is 55.6 Å². The first kappa shape index (κ1) is 16.0. The number of nitrogens with zero attached hydrogens (tertiary/aromatic N) is 1. The van der Waals surface area contributed by atoms with Crippen LogP contribution in [0.5, 0.6) is 5.75 Å². The van der Waals surface area contributed by atoms with Gasteiger partial charge < -0.3 is 15.4 Å². The van der Waals surface area contributed by atoms with Crippen molar-refractivity contribution in [1.29, 1.82) is 0 Å². The van der Waals surface area contributed by atoms with Crippen LogP contribution in [0.25, 0.3) is 0 Å². The number of nitrogens with two attached hydrogens (primary N) is 1. The molecular weight excluding hydrogens is 276 g/mol. The first-order valence-corrected chi connectivity index (χ1v) is 7.31. The lowest BCUT2D eigenvalue weighted by Crippen LogP contribution is -2.37. The van der Waals surface area contributed by atoms with Crippen LogP contribution in [-0.4, -0.2) is 31.5 Å². The van der Waals surface area contributed by atoms with Crippen molar-refractivity contribution in [3.63, 3.8) is 0 Å². The fourth-order valence-electron chi connectivity index (χ4n) is 2.35. The lowest BCUT2D eigenvalue weighted by Gasteiger charge is -2.22. The maximum atomic E-state index is 12.4. The van der Waals surface area contributed by atoms with Crippen molar-refractivity contribution in [3.8, 4) is 5.75 Å². The molecule has 1 amide bonds. The molecule has 4 heteroatoms. The van der Waals surface area contributed by atoms with Crippen LogP contribution >= 0.6 is 0 Å². The van der Waals surface area contributed by atoms with E-state index < -0.39 is 6.04 Å². The maximum Gasteiger partial charge on any atom is 0.243 e. The Morgan fingerprint density at radius 2 is 1.77 bits per heavy atom. The Hall–Kier alpha value is -2.33. The largest absolute Gasteiger partial charge is 0.496 e. The average Bonchev–Trinajstić information content (AvgIpc) is 2.59. The second kappa shape index (κ2) is 7.61. The third-order valence-corrected chi connectivity index (χ3v) is 3.71. The molecule has 116 valence electrons. The summed E-state index contributed by atoms with van der Waals surface area (Å²) in [5, 5.41) is 0. The summed E-state index contributed by atoms with van der Waals surface area (Å²) in [7, 11) is 3.43. The Morgan fingerprint density at radius 1 is 1.14 bits per heavy atom. The highest BCUT2D eigenvalue weighted by Crippen LogP contribution is 2.18. The number of rotatable bonds is 6. The van der Waals surface area contributed by atoms with Gasteiger partial charge in [0.25, 0.3) is 0 Å². The summed E-state index contributed by atoms with van der Waals surface area (Å²) in [6.45, 7) is 0.597. The molecule has 0 unspecified atom stereocenters. The lowest BCUT2D eigenvalue weighted by molar-refractivity contribution is -0.131. The molecule has 0 aliphatic rings. The zero-order valence-electron chi connectivity index (χ0n) is 13.0. The predicted octanol–water partition coefficient (Wildman–Crippen LogP) is 2.40. The van der Waals surface area contributed by atoms with Gasteiger partial charge in [-0.3, -0.25) is 4.79 Å². The molecule has 4 nitrogen and oxygen atoms in total. The number of hydrogen-bond donors (Lipinski definition) is 1. The van der Waals surface area contributed by atoms with Gasteiger partial charge in [0.1, 0.15) is 11.8 Å². The SMILES string of the molecule is COc1ccccc1CCN(C)C(=O)[C@@H](N)c1ccccc1. The monoisotopic (exact) mass is 298 g/mol. The van der Waals surface area contributed by atoms with Gasteiger partial charge in [0, 0.05) is 13.6 Å². The van der Waals surface area contributed by atoms with Gasteiger partial charge in [-0.15, -0.1) is 0 Å². The minimum atomic E-state index is -0.621. The van der Waals surface area contributed by atoms with Crippen molar-refractivity contribution in [2.24, 2.45) is 5.73 Å². The van der Waals surface area contributed by atoms with Crippen LogP contribution in [0.2, 0.25) is 0 Å². The van der Waals surface area contributed by atoms with Crippen LogP contribution in [0.3, 0.4) is 0 Å². The van der Waals surface area contributed by atoms with Gasteiger partial charge in [-0.25, -0.2) is 0 Å². The van der Waals surface area contributed by atoms with Crippen LogP contribution in [0.4, 0.5) is 0 Å². The molecule has 2 N–H and O–H groups in total. The average molecular weight is 298 g/mol. The smallest absolute Gasteiger partial charge is 0.243 e. The number of likely N-dealkylation sites (N-methyl/N-ethyl adjacent to an activating group) is 1. The highest BCUT2D eigenvalue weighted by atomic mass is 16.5. The van der Waals surface area contributed by atoms with Gasteiger partial charge in [-0.05, 0) is 23.6 Å². The minimum absolute atomic E-state index is 0.0823. The highest BCUT2D eigenvalue weighted by molar-refractivity contribution is 5.82. The minimum Gasteiger partial charge on any atom is -0.496 e. The van der Waals surface area contributed by atoms with E-state index in [2.05, 4.69) is 0 Å². The molecule has 0 aromatic heterocycles. The van der Waals surface area contributed by atoms with Gasteiger partial charge in [-0.1, -0.05) is 48.5 Å². The molecular formula is C18H22N2O2. The number of methoxy groups -OCH3 is 1. The highest BCUT2D eigenvalue weighted by Gasteiger charge is 2.19. The summed E-state index contributed by atoms with van der Waals surface area (Å²) in [4.78, 5) is 14.1. The van der Waals surface area contributed by atoms with E-state index >= 15 is 0 Å². The Bertz CT molecular complexity index is 613. The molecule has 0 spiro atoms. The molecule has 0 bridgehead atoms. The van der Waals surface area contributed by atoms with Crippen LogP contribution < -0.4 is 10.5 Å². The predicted molar refractivity (Wildman–Crippen MR) is 87.7 cm³/mol. The molecule has 0 fully saturated rings. The Balaban J connectivity index is 1.97. The number of carbonyl (C=O) groups excluding carboxylic acids is 1. The zero-order valence-corrected chi connectivity index (χ0v) is 13.0. The quantitative estimate of drug-likeness (QED) is 0.891. The van der Waals surface area contributed by atoms with E-state index in [-0.39, 0.29) is 5.91 Å². The molecule has 2 aromatic rings. The van der Waals surface area contributed by atoms with Crippen LogP contribution in [-0.2, 0) is 11.2 Å². The molecule has 2 rings (SSSR count). The molecule has 0 aliphatic heterocycles. The van der Waals surface area contributed by atoms with Crippen molar-refractivity contribution in [3.05, 3.63) is 65.7 Å². The van der Waals surface area contributed by atoms with Crippen molar-refractivity contribution in [1.82, 2.24) is 4.90 Å². The normalized spacial score (nSPS) is 11.8. The van der Waals surface area contributed by atoms with Crippen LogP contribution in [0, 0.1) is 0 Å². The van der Waals surface area contributed by atoms with Gasteiger partial charge in [-0.2, -0.15) is 0 Å². The number of ether oxygens (including phenoxy) is 1. The van der Waals surface area contributed by atoms with E-state index in [4.69, 9.17) is 10.5 Å². The van der Waals surface area contributed by atoms with Crippen molar-refractivity contribution in [2.45, 2.75) is 12.5 Å². The summed E-state index contributed by atoms with van der Waals surface area (Å²) in [5.74, 6) is 0.761. The zero-order chi connectivity index (χ0) is 15.9. The lowest BCUT2D eigenvalue weighted by atomic mass is 10.1. The van der Waals surface area contributed by atoms with Gasteiger partial charge in [0.15, 0.2) is 0 Å². The molecule has 2 aromatic carbocycles. The second-order valence-corrected chi connectivity index (χ2v) is 5.21. The van der Waals surface area contributed by atoms with Crippen LogP contribution in [0.15, 0.2) is 54.6 Å². The Morgan fingerprint density at radius 3 is 2.45 bits per heavy atom. The van der Waals surface area contributed by atoms with Crippen molar-refractivity contribution in [2.75, 3.05) is 20.7 Å². The summed E-state index contributed by atoms with van der Waals surface area (Å²) < 4.78 is 5.33. The van der Waals surface area contributed by atoms with Crippen molar-refractivity contribution >= 4 is 5.91 Å². The van der Waals surface area contributed by atoms with Gasteiger partial charge in [0.2, 0.25) is 5.91 Å². The summed E-state index contributed by atoms with van der Waals surface area (Å²) in [6.07, 6.45) is 0.730. The standard InChI is InChI=1S/C18H22N2O2/c1-20(13-12-14-8-6-7-11-16(14)22-2)18(21)17(19)15-9-4-3-5-10-15/h3-11,17H,12-13,19H2,1-2H3/t17-/m0/s1. The second-order valence-electron chi connectivity index (χ2n) is 5.21. The van der Waals surface area contributed by atoms with Gasteiger partial charge >= 0.3 is 0 Å². The van der Waals surface area contributed by atoms with Crippen molar-refractivity contribution < 1.29 is 9.53 Å². The van der Waals surface area contributed by atoms with E-state index in [9.17, 15) is 4.79 Å². The number of hydrogen-bond acceptors (Lipinski definition) is 3. The molecule has 0 aliphatic carbocycles. The van der Waals surface area contributed by atoms with E-state index in [0.717, 1.165) is 23.3 Å². The third kappa shape index (κ3) is 3.86. The van der Waals surface area contributed by atoms with Gasteiger partial charge in [0.05, 0.1) is 7.11 Å². The summed E-state index contributed by atoms with van der Waals surface area (Å²) in [6, 6.07) is 16.6. The summed E-state index contributed by atoms with van der Waals surface area (Å²) >= 11 is 0. The van der Waals surface area contributed by atoms with E-state index in [1.807, 2.05) is 54.6 Å². The molecule has 1 atom stereocenters. The molecule has 0 saturated heterocycles. The fourth-order valence-corrected chi connectivity index (χ4v) is 2.35. The van der Waals surface area contributed by atoms with E-state index in [1.54, 1.807) is 19.1 Å². The number of carbonyl (C=O) groups is 1. The third-order valence-electron chi connectivity index (χ3n) is 3.71. The maximum absolute atomic E-state index is 12.4. The van der Waals surface area contributed by atoms with E-state index in [1.165, 1.54) is 0 Å². The Labute approximate surface area is 131 Å². The number of para-hydroxylation sites is 1.